The molecular formula is C30H39N5O. The first-order chi connectivity index (χ1) is 17.2. The summed E-state index contributed by atoms with van der Waals surface area (Å²) in [7, 11) is 3.82. The van der Waals surface area contributed by atoms with E-state index in [1.54, 1.807) is 7.11 Å². The molecule has 1 saturated carbocycles. The largest absolute Gasteiger partial charge is 0.494 e. The third-order valence-electron chi connectivity index (χ3n) is 7.05. The van der Waals surface area contributed by atoms with Crippen LogP contribution in [0.25, 0.3) is 39.3 Å². The SMILES string of the molecule is C=C(c1cc(OC)c2c(c1)nc(-c1cc3cccnc3n1CC1CC1)n2C)N(CCC)CC(C)(C)C. The summed E-state index contributed by atoms with van der Waals surface area (Å²) in [5, 5.41) is 1.15. The molecule has 0 unspecified atom stereocenters. The Kier molecular flexibility index (Phi) is 6.31. The number of imidazole rings is 1. The van der Waals surface area contributed by atoms with E-state index in [4.69, 9.17) is 14.7 Å². The quantitative estimate of drug-likeness (QED) is 0.263. The number of benzene rings is 1. The molecule has 1 aliphatic rings. The van der Waals surface area contributed by atoms with Gasteiger partial charge in [0.2, 0.25) is 0 Å². The summed E-state index contributed by atoms with van der Waals surface area (Å²) >= 11 is 0. The molecule has 0 N–H and O–H groups in total. The number of fused-ring (bicyclic) bond motifs is 2. The van der Waals surface area contributed by atoms with Crippen LogP contribution in [0.2, 0.25) is 0 Å². The first-order valence-electron chi connectivity index (χ1n) is 13.1. The van der Waals surface area contributed by atoms with Crippen LogP contribution in [0.5, 0.6) is 5.75 Å². The van der Waals surface area contributed by atoms with E-state index in [-0.39, 0.29) is 5.41 Å². The second-order valence-corrected chi connectivity index (χ2v) is 11.5. The Morgan fingerprint density at radius 3 is 2.67 bits per heavy atom. The molecule has 0 spiro atoms. The molecule has 3 aromatic heterocycles. The van der Waals surface area contributed by atoms with Gasteiger partial charge in [0.05, 0.1) is 18.3 Å². The lowest BCUT2D eigenvalue weighted by Crippen LogP contribution is -2.31. The number of methoxy groups -OCH3 is 1. The average molecular weight is 486 g/mol. The molecule has 5 rings (SSSR count). The average Bonchev–Trinajstić information content (AvgIpc) is 3.51. The van der Waals surface area contributed by atoms with Gasteiger partial charge < -0.3 is 18.8 Å². The molecule has 1 fully saturated rings. The van der Waals surface area contributed by atoms with Gasteiger partial charge in [-0.25, -0.2) is 9.97 Å². The molecule has 1 aromatic carbocycles. The number of aromatic nitrogens is 4. The fourth-order valence-corrected chi connectivity index (χ4v) is 5.21. The predicted molar refractivity (Wildman–Crippen MR) is 149 cm³/mol. The van der Waals surface area contributed by atoms with E-state index < -0.39 is 0 Å². The number of aryl methyl sites for hydroxylation is 1. The highest BCUT2D eigenvalue weighted by Gasteiger charge is 2.27. The van der Waals surface area contributed by atoms with Crippen LogP contribution in [0, 0.1) is 11.3 Å². The molecule has 4 aromatic rings. The summed E-state index contributed by atoms with van der Waals surface area (Å²) in [6, 6.07) is 10.6. The maximum Gasteiger partial charge on any atom is 0.157 e. The zero-order valence-corrected chi connectivity index (χ0v) is 22.6. The monoisotopic (exact) mass is 485 g/mol. The second-order valence-electron chi connectivity index (χ2n) is 11.5. The van der Waals surface area contributed by atoms with Gasteiger partial charge >= 0.3 is 0 Å². The van der Waals surface area contributed by atoms with Crippen molar-refractivity contribution in [3.8, 4) is 17.3 Å². The standard InChI is InChI=1S/C30H39N5O/c1-8-14-34(19-30(3,4)5)20(2)23-15-24-27(26(17-23)36-7)33(6)29(32-24)25-16-22-10-9-13-31-28(22)35(25)18-21-11-12-21/h9-10,13,15-17,21H,2,8,11-12,14,18-19H2,1,3-7H3. The zero-order chi connectivity index (χ0) is 25.6. The van der Waals surface area contributed by atoms with Crippen molar-refractivity contribution in [1.82, 2.24) is 24.0 Å². The van der Waals surface area contributed by atoms with E-state index in [9.17, 15) is 0 Å². The van der Waals surface area contributed by atoms with Gasteiger partial charge in [0.25, 0.3) is 0 Å². The van der Waals surface area contributed by atoms with Crippen LogP contribution in [-0.4, -0.2) is 44.2 Å². The Labute approximate surface area is 214 Å². The van der Waals surface area contributed by atoms with Gasteiger partial charge in [0, 0.05) is 49.5 Å². The Bertz CT molecular complexity index is 1420. The number of nitrogens with zero attached hydrogens (tertiary/aromatic N) is 5. The molecule has 0 aliphatic heterocycles. The van der Waals surface area contributed by atoms with E-state index in [0.29, 0.717) is 0 Å². The van der Waals surface area contributed by atoms with Crippen LogP contribution >= 0.6 is 0 Å². The highest BCUT2D eigenvalue weighted by atomic mass is 16.5. The number of ether oxygens (including phenoxy) is 1. The molecule has 6 heteroatoms. The lowest BCUT2D eigenvalue weighted by atomic mass is 9.95. The minimum Gasteiger partial charge on any atom is -0.494 e. The van der Waals surface area contributed by atoms with Crippen LogP contribution in [0.15, 0.2) is 43.1 Å². The second kappa shape index (κ2) is 9.30. The normalized spacial score (nSPS) is 14.1. The van der Waals surface area contributed by atoms with Crippen molar-refractivity contribution in [3.63, 3.8) is 0 Å². The van der Waals surface area contributed by atoms with Crippen molar-refractivity contribution in [2.24, 2.45) is 18.4 Å². The summed E-state index contributed by atoms with van der Waals surface area (Å²) in [4.78, 5) is 12.3. The van der Waals surface area contributed by atoms with Crippen LogP contribution in [0.1, 0.15) is 52.5 Å². The molecule has 0 saturated heterocycles. The highest BCUT2D eigenvalue weighted by Crippen LogP contribution is 2.38. The van der Waals surface area contributed by atoms with Crippen molar-refractivity contribution >= 4 is 27.8 Å². The van der Waals surface area contributed by atoms with Crippen molar-refractivity contribution < 1.29 is 4.74 Å². The van der Waals surface area contributed by atoms with Crippen LogP contribution < -0.4 is 4.74 Å². The molecule has 36 heavy (non-hydrogen) atoms. The number of rotatable bonds is 9. The van der Waals surface area contributed by atoms with E-state index in [0.717, 1.165) is 82.6 Å². The van der Waals surface area contributed by atoms with E-state index in [1.807, 2.05) is 12.3 Å². The van der Waals surface area contributed by atoms with Crippen LogP contribution in [0.3, 0.4) is 0 Å². The molecule has 0 atom stereocenters. The third-order valence-corrected chi connectivity index (χ3v) is 7.05. The van der Waals surface area contributed by atoms with Crippen molar-refractivity contribution in [2.75, 3.05) is 20.2 Å². The third kappa shape index (κ3) is 4.61. The summed E-state index contributed by atoms with van der Waals surface area (Å²) in [5.74, 6) is 2.48. The molecule has 190 valence electrons. The van der Waals surface area contributed by atoms with Gasteiger partial charge in [-0.3, -0.25) is 0 Å². The summed E-state index contributed by atoms with van der Waals surface area (Å²) < 4.78 is 10.4. The van der Waals surface area contributed by atoms with Gasteiger partial charge in [-0.1, -0.05) is 34.3 Å². The summed E-state index contributed by atoms with van der Waals surface area (Å²) in [5.41, 5.74) is 6.31. The lowest BCUT2D eigenvalue weighted by Gasteiger charge is -2.33. The minimum atomic E-state index is 0.174. The minimum absolute atomic E-state index is 0.174. The predicted octanol–water partition coefficient (Wildman–Crippen LogP) is 6.74. The maximum absolute atomic E-state index is 5.91. The van der Waals surface area contributed by atoms with Crippen molar-refractivity contribution in [3.05, 3.63) is 48.7 Å². The number of hydrogen-bond donors (Lipinski definition) is 0. The Morgan fingerprint density at radius 1 is 1.22 bits per heavy atom. The number of hydrogen-bond acceptors (Lipinski definition) is 4. The fourth-order valence-electron chi connectivity index (χ4n) is 5.21. The smallest absolute Gasteiger partial charge is 0.157 e. The Balaban J connectivity index is 1.62. The van der Waals surface area contributed by atoms with E-state index in [2.05, 4.69) is 79.6 Å². The number of pyridine rings is 1. The highest BCUT2D eigenvalue weighted by molar-refractivity contribution is 5.91. The molecule has 3 heterocycles. The fraction of sp³-hybridized carbons (Fsp3) is 0.467. The first-order valence-corrected chi connectivity index (χ1v) is 13.1. The van der Waals surface area contributed by atoms with Gasteiger partial charge in [-0.05, 0) is 60.9 Å². The van der Waals surface area contributed by atoms with Crippen molar-refractivity contribution in [2.45, 2.75) is 53.5 Å². The molecule has 0 bridgehead atoms. The summed E-state index contributed by atoms with van der Waals surface area (Å²) in [6.07, 6.45) is 5.53. The van der Waals surface area contributed by atoms with Crippen LogP contribution in [0.4, 0.5) is 0 Å². The van der Waals surface area contributed by atoms with Crippen molar-refractivity contribution in [1.29, 1.82) is 0 Å². The summed E-state index contributed by atoms with van der Waals surface area (Å²) in [6.45, 7) is 16.4. The Hall–Kier alpha value is -3.28. The Morgan fingerprint density at radius 2 is 2.00 bits per heavy atom. The van der Waals surface area contributed by atoms with E-state index >= 15 is 0 Å². The molecule has 1 aliphatic carbocycles. The first kappa shape index (κ1) is 24.4. The van der Waals surface area contributed by atoms with E-state index in [1.165, 1.54) is 12.8 Å². The molecular weight excluding hydrogens is 446 g/mol. The van der Waals surface area contributed by atoms with Gasteiger partial charge in [-0.15, -0.1) is 0 Å². The van der Waals surface area contributed by atoms with Gasteiger partial charge in [-0.2, -0.15) is 0 Å². The maximum atomic E-state index is 5.91. The van der Waals surface area contributed by atoms with Crippen LogP contribution in [-0.2, 0) is 13.6 Å². The lowest BCUT2D eigenvalue weighted by molar-refractivity contribution is 0.264. The topological polar surface area (TPSA) is 48.1 Å². The molecule has 0 radical (unpaired) electrons. The zero-order valence-electron chi connectivity index (χ0n) is 22.6. The molecule has 0 amide bonds. The molecule has 6 nitrogen and oxygen atoms in total. The van der Waals surface area contributed by atoms with Gasteiger partial charge in [0.15, 0.2) is 5.82 Å². The van der Waals surface area contributed by atoms with Gasteiger partial charge in [0.1, 0.15) is 16.9 Å².